The Kier molecular flexibility index (Phi) is 3.89. The molecule has 20 heavy (non-hydrogen) atoms. The van der Waals surface area contributed by atoms with E-state index in [1.807, 2.05) is 24.0 Å². The van der Waals surface area contributed by atoms with Crippen LogP contribution in [-0.4, -0.2) is 41.3 Å². The number of hydrogen-bond acceptors (Lipinski definition) is 5. The van der Waals surface area contributed by atoms with Gasteiger partial charge in [-0.05, 0) is 11.4 Å². The van der Waals surface area contributed by atoms with Gasteiger partial charge in [0.2, 0.25) is 0 Å². The second kappa shape index (κ2) is 5.65. The van der Waals surface area contributed by atoms with Crippen molar-refractivity contribution in [3.8, 4) is 10.6 Å². The smallest absolute Gasteiger partial charge is 0.107 e. The number of thiophene rings is 1. The van der Waals surface area contributed by atoms with E-state index in [0.717, 1.165) is 18.8 Å². The van der Waals surface area contributed by atoms with Crippen molar-refractivity contribution in [3.63, 3.8) is 0 Å². The Balaban J connectivity index is 1.66. The Hall–Kier alpha value is -1.21. The van der Waals surface area contributed by atoms with Crippen LogP contribution in [-0.2, 0) is 18.3 Å². The largest absolute Gasteiger partial charge is 0.396 e. The lowest BCUT2D eigenvalue weighted by atomic mass is 9.87. The Morgan fingerprint density at radius 2 is 2.40 bits per heavy atom. The molecular weight excluding hydrogens is 274 g/mol. The average molecular weight is 293 g/mol. The summed E-state index contributed by atoms with van der Waals surface area (Å²) in [5, 5.41) is 19.4. The number of hydrogen-bond donors (Lipinski definition) is 2. The molecule has 3 heterocycles. The Bertz CT molecular complexity index is 555. The molecular formula is C14H19N3O2S. The number of nitrogens with one attached hydrogen (secondary N) is 1. The van der Waals surface area contributed by atoms with Crippen molar-refractivity contribution in [2.24, 2.45) is 12.5 Å². The number of aliphatic hydroxyl groups is 1. The standard InChI is InChI=1S/C14H19N3O2S/c1-17-6-11(13(16-17)12-3-2-4-20-12)5-15-7-14(8-18)9-19-10-14/h2-4,6,15,18H,5,7-10H2,1H3. The van der Waals surface area contributed by atoms with E-state index in [-0.39, 0.29) is 12.0 Å². The monoisotopic (exact) mass is 293 g/mol. The molecule has 1 saturated heterocycles. The first-order valence-corrected chi connectivity index (χ1v) is 7.56. The van der Waals surface area contributed by atoms with Gasteiger partial charge in [-0.3, -0.25) is 4.68 Å². The third kappa shape index (κ3) is 2.64. The van der Waals surface area contributed by atoms with E-state index in [4.69, 9.17) is 4.74 Å². The van der Waals surface area contributed by atoms with Gasteiger partial charge < -0.3 is 15.2 Å². The van der Waals surface area contributed by atoms with Gasteiger partial charge in [0.1, 0.15) is 5.69 Å². The number of aryl methyl sites for hydroxylation is 1. The predicted molar refractivity (Wildman–Crippen MR) is 78.6 cm³/mol. The fourth-order valence-corrected chi connectivity index (χ4v) is 3.13. The van der Waals surface area contributed by atoms with Crippen LogP contribution < -0.4 is 5.32 Å². The van der Waals surface area contributed by atoms with Crippen LogP contribution >= 0.6 is 11.3 Å². The second-order valence-corrected chi connectivity index (χ2v) is 6.36. The summed E-state index contributed by atoms with van der Waals surface area (Å²) in [4.78, 5) is 1.19. The van der Waals surface area contributed by atoms with Gasteiger partial charge in [-0.1, -0.05) is 6.07 Å². The number of rotatable bonds is 6. The number of aromatic nitrogens is 2. The van der Waals surface area contributed by atoms with Gasteiger partial charge in [0.15, 0.2) is 0 Å². The van der Waals surface area contributed by atoms with Crippen LogP contribution in [0.5, 0.6) is 0 Å². The molecule has 0 spiro atoms. The van der Waals surface area contributed by atoms with Gasteiger partial charge in [0.25, 0.3) is 0 Å². The molecule has 6 heteroatoms. The molecule has 0 aromatic carbocycles. The predicted octanol–water partition coefficient (Wildman–Crippen LogP) is 1.25. The van der Waals surface area contributed by atoms with Crippen molar-refractivity contribution in [3.05, 3.63) is 29.3 Å². The fourth-order valence-electron chi connectivity index (χ4n) is 2.39. The molecule has 0 amide bonds. The summed E-state index contributed by atoms with van der Waals surface area (Å²) >= 11 is 1.70. The van der Waals surface area contributed by atoms with Gasteiger partial charge >= 0.3 is 0 Å². The normalized spacial score (nSPS) is 17.1. The van der Waals surface area contributed by atoms with E-state index in [0.29, 0.717) is 13.2 Å². The third-order valence-electron chi connectivity index (χ3n) is 3.63. The van der Waals surface area contributed by atoms with Gasteiger partial charge in [0, 0.05) is 31.9 Å². The number of ether oxygens (including phenoxy) is 1. The molecule has 2 aromatic rings. The fraction of sp³-hybridized carbons (Fsp3) is 0.500. The zero-order valence-electron chi connectivity index (χ0n) is 11.5. The molecule has 5 nitrogen and oxygen atoms in total. The van der Waals surface area contributed by atoms with E-state index in [1.165, 1.54) is 10.4 Å². The highest BCUT2D eigenvalue weighted by molar-refractivity contribution is 7.13. The topological polar surface area (TPSA) is 59.3 Å². The Morgan fingerprint density at radius 1 is 1.55 bits per heavy atom. The zero-order valence-corrected chi connectivity index (χ0v) is 12.3. The van der Waals surface area contributed by atoms with E-state index < -0.39 is 0 Å². The minimum absolute atomic E-state index is 0.0920. The number of nitrogens with zero attached hydrogens (tertiary/aromatic N) is 2. The molecule has 1 aliphatic heterocycles. The molecule has 0 aliphatic carbocycles. The highest BCUT2D eigenvalue weighted by atomic mass is 32.1. The lowest BCUT2D eigenvalue weighted by Gasteiger charge is -2.40. The molecule has 108 valence electrons. The summed E-state index contributed by atoms with van der Waals surface area (Å²) in [5.74, 6) is 0. The van der Waals surface area contributed by atoms with E-state index in [1.54, 1.807) is 11.3 Å². The molecule has 1 aliphatic rings. The highest BCUT2D eigenvalue weighted by Gasteiger charge is 2.37. The molecule has 0 unspecified atom stereocenters. The van der Waals surface area contributed by atoms with Crippen molar-refractivity contribution < 1.29 is 9.84 Å². The molecule has 3 rings (SSSR count). The Labute approximate surface area is 122 Å². The molecule has 2 N–H and O–H groups in total. The summed E-state index contributed by atoms with van der Waals surface area (Å²) < 4.78 is 7.05. The zero-order chi connectivity index (χ0) is 14.0. The van der Waals surface area contributed by atoms with Gasteiger partial charge in [-0.15, -0.1) is 11.3 Å². The quantitative estimate of drug-likeness (QED) is 0.841. The molecule has 0 radical (unpaired) electrons. The highest BCUT2D eigenvalue weighted by Crippen LogP contribution is 2.28. The summed E-state index contributed by atoms with van der Waals surface area (Å²) in [7, 11) is 1.94. The van der Waals surface area contributed by atoms with Crippen molar-refractivity contribution in [2.75, 3.05) is 26.4 Å². The molecule has 0 atom stereocenters. The van der Waals surface area contributed by atoms with Crippen LogP contribution in [0.4, 0.5) is 0 Å². The van der Waals surface area contributed by atoms with Crippen LogP contribution in [0.25, 0.3) is 10.6 Å². The maximum atomic E-state index is 9.41. The number of aliphatic hydroxyl groups excluding tert-OH is 1. The minimum atomic E-state index is -0.0920. The maximum absolute atomic E-state index is 9.41. The molecule has 2 aromatic heterocycles. The van der Waals surface area contributed by atoms with Crippen LogP contribution in [0.1, 0.15) is 5.56 Å². The summed E-state index contributed by atoms with van der Waals surface area (Å²) in [6.07, 6.45) is 2.05. The second-order valence-electron chi connectivity index (χ2n) is 5.41. The van der Waals surface area contributed by atoms with Crippen molar-refractivity contribution in [1.82, 2.24) is 15.1 Å². The molecule has 0 saturated carbocycles. The summed E-state index contributed by atoms with van der Waals surface area (Å²) in [6, 6.07) is 4.13. The van der Waals surface area contributed by atoms with E-state index in [9.17, 15) is 5.11 Å². The molecule has 1 fully saturated rings. The molecule has 0 bridgehead atoms. The lowest BCUT2D eigenvalue weighted by molar-refractivity contribution is -0.134. The maximum Gasteiger partial charge on any atom is 0.107 e. The van der Waals surface area contributed by atoms with Gasteiger partial charge in [-0.25, -0.2) is 0 Å². The first-order valence-electron chi connectivity index (χ1n) is 6.68. The Morgan fingerprint density at radius 3 is 3.00 bits per heavy atom. The van der Waals surface area contributed by atoms with E-state index in [2.05, 4.69) is 21.9 Å². The lowest BCUT2D eigenvalue weighted by Crippen LogP contribution is -2.52. The van der Waals surface area contributed by atoms with Gasteiger partial charge in [0.05, 0.1) is 30.1 Å². The van der Waals surface area contributed by atoms with Crippen LogP contribution in [0.2, 0.25) is 0 Å². The average Bonchev–Trinajstić information content (AvgIpc) is 3.01. The van der Waals surface area contributed by atoms with Gasteiger partial charge in [-0.2, -0.15) is 5.10 Å². The minimum Gasteiger partial charge on any atom is -0.396 e. The van der Waals surface area contributed by atoms with E-state index >= 15 is 0 Å². The first-order chi connectivity index (χ1) is 9.72. The first kappa shape index (κ1) is 13.8. The SMILES string of the molecule is Cn1cc(CNCC2(CO)COC2)c(-c2cccs2)n1. The van der Waals surface area contributed by atoms with Crippen LogP contribution in [0, 0.1) is 5.41 Å². The van der Waals surface area contributed by atoms with Crippen molar-refractivity contribution >= 4 is 11.3 Å². The van der Waals surface area contributed by atoms with Crippen molar-refractivity contribution in [2.45, 2.75) is 6.54 Å². The summed E-state index contributed by atoms with van der Waals surface area (Å²) in [6.45, 7) is 2.97. The van der Waals surface area contributed by atoms with Crippen molar-refractivity contribution in [1.29, 1.82) is 0 Å². The van der Waals surface area contributed by atoms with Crippen LogP contribution in [0.15, 0.2) is 23.7 Å². The summed E-state index contributed by atoms with van der Waals surface area (Å²) in [5.41, 5.74) is 2.13. The third-order valence-corrected chi connectivity index (χ3v) is 4.50. The van der Waals surface area contributed by atoms with Crippen LogP contribution in [0.3, 0.4) is 0 Å².